The molecule has 0 heterocycles. The third kappa shape index (κ3) is 2.21. The van der Waals surface area contributed by atoms with Gasteiger partial charge >= 0.3 is 0 Å². The first-order chi connectivity index (χ1) is 5.24. The van der Waals surface area contributed by atoms with Crippen molar-refractivity contribution in [1.29, 1.82) is 0 Å². The van der Waals surface area contributed by atoms with Crippen molar-refractivity contribution >= 4 is 0 Å². The van der Waals surface area contributed by atoms with E-state index in [4.69, 9.17) is 0 Å². The molecule has 0 nitrogen and oxygen atoms in total. The van der Waals surface area contributed by atoms with Crippen LogP contribution < -0.4 is 0 Å². The predicted molar refractivity (Wildman–Crippen MR) is 50.5 cm³/mol. The lowest BCUT2D eigenvalue weighted by atomic mass is 9.87. The zero-order valence-corrected chi connectivity index (χ0v) is 7.80. The Labute approximate surface area is 70.0 Å². The average molecular weight is 150 g/mol. The molecule has 0 aromatic heterocycles. The van der Waals surface area contributed by atoms with E-state index < -0.39 is 0 Å². The highest BCUT2D eigenvalue weighted by Crippen LogP contribution is 2.23. The lowest BCUT2D eigenvalue weighted by Gasteiger charge is -2.18. The third-order valence-corrected chi connectivity index (χ3v) is 2.47. The molecule has 0 spiro atoms. The molecule has 0 heteroatoms. The van der Waals surface area contributed by atoms with Crippen molar-refractivity contribution in [2.75, 3.05) is 0 Å². The van der Waals surface area contributed by atoms with E-state index in [0.717, 1.165) is 11.8 Å². The topological polar surface area (TPSA) is 0 Å². The normalized spacial score (nSPS) is 24.0. The highest BCUT2D eigenvalue weighted by atomic mass is 14.2. The van der Waals surface area contributed by atoms with Crippen molar-refractivity contribution in [3.05, 3.63) is 23.8 Å². The van der Waals surface area contributed by atoms with Crippen molar-refractivity contribution in [2.45, 2.75) is 33.6 Å². The SMILES string of the molecule is CCC1=CCC(C(C)C)C=C1. The first-order valence-corrected chi connectivity index (χ1v) is 4.61. The van der Waals surface area contributed by atoms with E-state index in [-0.39, 0.29) is 0 Å². The monoisotopic (exact) mass is 150 g/mol. The Morgan fingerprint density at radius 2 is 2.27 bits per heavy atom. The van der Waals surface area contributed by atoms with E-state index in [9.17, 15) is 0 Å². The van der Waals surface area contributed by atoms with E-state index in [2.05, 4.69) is 39.0 Å². The fourth-order valence-electron chi connectivity index (χ4n) is 1.44. The lowest BCUT2D eigenvalue weighted by Crippen LogP contribution is -2.06. The maximum Gasteiger partial charge on any atom is -0.0172 e. The Morgan fingerprint density at radius 3 is 2.64 bits per heavy atom. The molecule has 0 radical (unpaired) electrons. The van der Waals surface area contributed by atoms with Gasteiger partial charge in [-0.3, -0.25) is 0 Å². The Morgan fingerprint density at radius 1 is 1.55 bits per heavy atom. The van der Waals surface area contributed by atoms with Crippen LogP contribution in [0, 0.1) is 11.8 Å². The molecule has 0 N–H and O–H groups in total. The summed E-state index contributed by atoms with van der Waals surface area (Å²) in [5, 5.41) is 0. The molecule has 0 aromatic rings. The Kier molecular flexibility index (Phi) is 2.92. The standard InChI is InChI=1S/C11H18/c1-4-10-5-7-11(8-6-10)9(2)3/h5-7,9,11H,4,8H2,1-3H3. The zero-order valence-electron chi connectivity index (χ0n) is 7.80. The van der Waals surface area contributed by atoms with Gasteiger partial charge in [-0.2, -0.15) is 0 Å². The fraction of sp³-hybridized carbons (Fsp3) is 0.636. The van der Waals surface area contributed by atoms with Gasteiger partial charge in [0.25, 0.3) is 0 Å². The van der Waals surface area contributed by atoms with Gasteiger partial charge in [0, 0.05) is 0 Å². The van der Waals surface area contributed by atoms with Crippen LogP contribution in [-0.4, -0.2) is 0 Å². The van der Waals surface area contributed by atoms with Gasteiger partial charge in [-0.05, 0) is 24.7 Å². The maximum absolute atomic E-state index is 2.38. The molecule has 1 unspecified atom stereocenters. The Hall–Kier alpha value is -0.520. The van der Waals surface area contributed by atoms with Crippen molar-refractivity contribution in [3.8, 4) is 0 Å². The Balaban J connectivity index is 2.50. The van der Waals surface area contributed by atoms with Gasteiger partial charge in [0.1, 0.15) is 0 Å². The molecule has 1 aliphatic rings. The molecular formula is C11H18. The van der Waals surface area contributed by atoms with Crippen LogP contribution in [0.4, 0.5) is 0 Å². The van der Waals surface area contributed by atoms with Crippen LogP contribution in [0.5, 0.6) is 0 Å². The van der Waals surface area contributed by atoms with Crippen LogP contribution in [0.1, 0.15) is 33.6 Å². The highest BCUT2D eigenvalue weighted by Gasteiger charge is 2.10. The van der Waals surface area contributed by atoms with E-state index in [1.165, 1.54) is 18.4 Å². The van der Waals surface area contributed by atoms with Gasteiger partial charge in [-0.15, -0.1) is 0 Å². The van der Waals surface area contributed by atoms with Crippen LogP contribution >= 0.6 is 0 Å². The summed E-state index contributed by atoms with van der Waals surface area (Å²) in [6, 6.07) is 0. The number of rotatable bonds is 2. The Bertz CT molecular complexity index is 172. The molecule has 0 bridgehead atoms. The van der Waals surface area contributed by atoms with Crippen LogP contribution in [0.25, 0.3) is 0 Å². The molecule has 1 atom stereocenters. The van der Waals surface area contributed by atoms with Crippen LogP contribution in [-0.2, 0) is 0 Å². The molecule has 0 amide bonds. The highest BCUT2D eigenvalue weighted by molar-refractivity contribution is 5.23. The third-order valence-electron chi connectivity index (χ3n) is 2.47. The first kappa shape index (κ1) is 8.58. The summed E-state index contributed by atoms with van der Waals surface area (Å²) < 4.78 is 0. The van der Waals surface area contributed by atoms with Gasteiger partial charge in [0.2, 0.25) is 0 Å². The second-order valence-corrected chi connectivity index (χ2v) is 3.64. The summed E-state index contributed by atoms with van der Waals surface area (Å²) in [6.07, 6.45) is 9.46. The molecule has 1 aliphatic carbocycles. The van der Waals surface area contributed by atoms with E-state index in [1.807, 2.05) is 0 Å². The van der Waals surface area contributed by atoms with Crippen molar-refractivity contribution in [2.24, 2.45) is 11.8 Å². The second kappa shape index (κ2) is 3.75. The van der Waals surface area contributed by atoms with Gasteiger partial charge in [-0.1, -0.05) is 44.6 Å². The van der Waals surface area contributed by atoms with Gasteiger partial charge in [-0.25, -0.2) is 0 Å². The molecule has 0 aliphatic heterocycles. The second-order valence-electron chi connectivity index (χ2n) is 3.64. The average Bonchev–Trinajstić information content (AvgIpc) is 2.05. The van der Waals surface area contributed by atoms with Gasteiger partial charge in [0.05, 0.1) is 0 Å². The minimum Gasteiger partial charge on any atom is -0.0807 e. The van der Waals surface area contributed by atoms with E-state index in [1.54, 1.807) is 0 Å². The minimum atomic E-state index is 0.783. The number of hydrogen-bond donors (Lipinski definition) is 0. The number of hydrogen-bond acceptors (Lipinski definition) is 0. The van der Waals surface area contributed by atoms with E-state index >= 15 is 0 Å². The van der Waals surface area contributed by atoms with Gasteiger partial charge in [0.15, 0.2) is 0 Å². The zero-order chi connectivity index (χ0) is 8.27. The molecule has 0 aromatic carbocycles. The molecule has 0 saturated heterocycles. The molecule has 11 heavy (non-hydrogen) atoms. The van der Waals surface area contributed by atoms with Gasteiger partial charge < -0.3 is 0 Å². The maximum atomic E-state index is 2.38. The molecule has 62 valence electrons. The summed E-state index contributed by atoms with van der Waals surface area (Å²) in [7, 11) is 0. The quantitative estimate of drug-likeness (QED) is 0.564. The largest absolute Gasteiger partial charge is 0.0807 e. The summed E-state index contributed by atoms with van der Waals surface area (Å²) in [6.45, 7) is 6.80. The molecule has 1 rings (SSSR count). The summed E-state index contributed by atoms with van der Waals surface area (Å²) >= 11 is 0. The van der Waals surface area contributed by atoms with Crippen molar-refractivity contribution < 1.29 is 0 Å². The fourth-order valence-corrected chi connectivity index (χ4v) is 1.44. The number of allylic oxidation sites excluding steroid dienone is 4. The summed E-state index contributed by atoms with van der Waals surface area (Å²) in [5.41, 5.74) is 1.50. The van der Waals surface area contributed by atoms with E-state index in [0.29, 0.717) is 0 Å². The summed E-state index contributed by atoms with van der Waals surface area (Å²) in [5.74, 6) is 1.58. The summed E-state index contributed by atoms with van der Waals surface area (Å²) in [4.78, 5) is 0. The van der Waals surface area contributed by atoms with Crippen molar-refractivity contribution in [3.63, 3.8) is 0 Å². The molecule has 0 saturated carbocycles. The predicted octanol–water partition coefficient (Wildman–Crippen LogP) is 3.55. The minimum absolute atomic E-state index is 0.783. The lowest BCUT2D eigenvalue weighted by molar-refractivity contribution is 0.465. The first-order valence-electron chi connectivity index (χ1n) is 4.61. The van der Waals surface area contributed by atoms with Crippen LogP contribution in [0.2, 0.25) is 0 Å². The van der Waals surface area contributed by atoms with Crippen LogP contribution in [0.3, 0.4) is 0 Å². The smallest absolute Gasteiger partial charge is 0.0172 e. The molecular weight excluding hydrogens is 132 g/mol. The van der Waals surface area contributed by atoms with Crippen molar-refractivity contribution in [1.82, 2.24) is 0 Å². The molecule has 0 fully saturated rings. The van der Waals surface area contributed by atoms with Crippen LogP contribution in [0.15, 0.2) is 23.8 Å².